The fourth-order valence-corrected chi connectivity index (χ4v) is 2.73. The number of nitrogens with zero attached hydrogens (tertiary/aromatic N) is 2. The predicted octanol–water partition coefficient (Wildman–Crippen LogP) is 2.95. The minimum absolute atomic E-state index is 0.569. The van der Waals surface area contributed by atoms with Crippen LogP contribution in [0.1, 0.15) is 11.3 Å². The molecule has 0 saturated carbocycles. The van der Waals surface area contributed by atoms with E-state index in [0.29, 0.717) is 6.54 Å². The summed E-state index contributed by atoms with van der Waals surface area (Å²) in [7, 11) is 4.18. The Morgan fingerprint density at radius 3 is 2.42 bits per heavy atom. The molecule has 98 valence electrons. The first kappa shape index (κ1) is 12.1. The van der Waals surface area contributed by atoms with Gasteiger partial charge in [-0.25, -0.2) is 0 Å². The van der Waals surface area contributed by atoms with Gasteiger partial charge in [-0.15, -0.1) is 0 Å². The number of aromatic nitrogens is 2. The van der Waals surface area contributed by atoms with Gasteiger partial charge in [-0.1, -0.05) is 11.6 Å². The first-order valence-corrected chi connectivity index (χ1v) is 6.53. The number of hydrogen-bond donors (Lipinski definition) is 1. The molecule has 0 unspecified atom stereocenters. The molecule has 0 fully saturated rings. The van der Waals surface area contributed by atoms with Gasteiger partial charge in [0.1, 0.15) is 0 Å². The Morgan fingerprint density at radius 2 is 1.74 bits per heavy atom. The maximum absolute atomic E-state index is 5.75. The van der Waals surface area contributed by atoms with E-state index in [2.05, 4.69) is 66.6 Å². The van der Waals surface area contributed by atoms with Gasteiger partial charge in [0, 0.05) is 37.2 Å². The van der Waals surface area contributed by atoms with Crippen LogP contribution >= 0.6 is 0 Å². The van der Waals surface area contributed by atoms with Crippen molar-refractivity contribution >= 4 is 10.9 Å². The van der Waals surface area contributed by atoms with E-state index in [9.17, 15) is 0 Å². The second-order valence-electron chi connectivity index (χ2n) is 5.12. The third-order valence-corrected chi connectivity index (χ3v) is 3.90. The zero-order valence-electron chi connectivity index (χ0n) is 11.6. The summed E-state index contributed by atoms with van der Waals surface area (Å²) in [4.78, 5) is 0. The van der Waals surface area contributed by atoms with E-state index in [1.165, 1.54) is 27.9 Å². The number of benzene rings is 1. The van der Waals surface area contributed by atoms with Crippen molar-refractivity contribution < 1.29 is 0 Å². The number of rotatable bonds is 2. The topological polar surface area (TPSA) is 35.9 Å². The standard InChI is InChI=1S/C16H19N3/c1-11-4-6-14-12(8-11)9-16(19(14)3)15-7-5-13(10-17)18(15)2/h4-9H,10,17H2,1-3H3. The van der Waals surface area contributed by atoms with Crippen LogP contribution < -0.4 is 5.73 Å². The zero-order valence-corrected chi connectivity index (χ0v) is 11.6. The van der Waals surface area contributed by atoms with Gasteiger partial charge in [0.2, 0.25) is 0 Å². The monoisotopic (exact) mass is 253 g/mol. The van der Waals surface area contributed by atoms with E-state index in [0.717, 1.165) is 5.69 Å². The summed E-state index contributed by atoms with van der Waals surface area (Å²) in [6.07, 6.45) is 0. The molecule has 0 aliphatic rings. The van der Waals surface area contributed by atoms with Gasteiger partial charge in [-0.05, 0) is 37.3 Å². The lowest BCUT2D eigenvalue weighted by molar-refractivity contribution is 0.821. The third-order valence-electron chi connectivity index (χ3n) is 3.90. The molecule has 0 amide bonds. The fourth-order valence-electron chi connectivity index (χ4n) is 2.73. The highest BCUT2D eigenvalue weighted by molar-refractivity contribution is 5.87. The molecule has 3 aromatic rings. The molecule has 3 rings (SSSR count). The number of aryl methyl sites for hydroxylation is 2. The van der Waals surface area contributed by atoms with Crippen LogP contribution in [0.5, 0.6) is 0 Å². The summed E-state index contributed by atoms with van der Waals surface area (Å²) >= 11 is 0. The smallest absolute Gasteiger partial charge is 0.0656 e. The molecule has 0 aliphatic carbocycles. The minimum atomic E-state index is 0.569. The van der Waals surface area contributed by atoms with Crippen molar-refractivity contribution in [1.82, 2.24) is 9.13 Å². The Bertz CT molecular complexity index is 747. The van der Waals surface area contributed by atoms with Gasteiger partial charge >= 0.3 is 0 Å². The largest absolute Gasteiger partial charge is 0.345 e. The average molecular weight is 253 g/mol. The van der Waals surface area contributed by atoms with Crippen molar-refractivity contribution in [2.24, 2.45) is 19.8 Å². The van der Waals surface area contributed by atoms with E-state index in [1.807, 2.05) is 0 Å². The van der Waals surface area contributed by atoms with Crippen LogP contribution in [0.4, 0.5) is 0 Å². The van der Waals surface area contributed by atoms with E-state index < -0.39 is 0 Å². The van der Waals surface area contributed by atoms with Crippen LogP contribution in [0.2, 0.25) is 0 Å². The number of hydrogen-bond acceptors (Lipinski definition) is 1. The molecule has 0 radical (unpaired) electrons. The summed E-state index contributed by atoms with van der Waals surface area (Å²) in [6, 6.07) is 13.1. The molecule has 0 saturated heterocycles. The summed E-state index contributed by atoms with van der Waals surface area (Å²) in [6.45, 7) is 2.70. The van der Waals surface area contributed by atoms with Gasteiger partial charge < -0.3 is 14.9 Å². The van der Waals surface area contributed by atoms with E-state index in [1.54, 1.807) is 0 Å². The first-order valence-electron chi connectivity index (χ1n) is 6.53. The molecular formula is C16H19N3. The second kappa shape index (κ2) is 4.28. The Labute approximate surface area is 113 Å². The SMILES string of the molecule is Cc1ccc2c(c1)cc(-c1ccc(CN)n1C)n2C. The Morgan fingerprint density at radius 1 is 0.947 bits per heavy atom. The maximum atomic E-state index is 5.75. The van der Waals surface area contributed by atoms with Crippen LogP contribution in [-0.4, -0.2) is 9.13 Å². The normalized spacial score (nSPS) is 11.4. The van der Waals surface area contributed by atoms with Crippen molar-refractivity contribution in [1.29, 1.82) is 0 Å². The molecule has 2 heterocycles. The highest BCUT2D eigenvalue weighted by Gasteiger charge is 2.12. The van der Waals surface area contributed by atoms with Crippen molar-refractivity contribution in [3.63, 3.8) is 0 Å². The first-order chi connectivity index (χ1) is 9.11. The molecule has 3 nitrogen and oxygen atoms in total. The summed E-state index contributed by atoms with van der Waals surface area (Å²) in [5.41, 5.74) is 11.9. The molecule has 0 bridgehead atoms. The quantitative estimate of drug-likeness (QED) is 0.749. The van der Waals surface area contributed by atoms with Crippen LogP contribution in [0.25, 0.3) is 22.3 Å². The number of fused-ring (bicyclic) bond motifs is 1. The molecule has 1 aromatic carbocycles. The lowest BCUT2D eigenvalue weighted by atomic mass is 10.2. The molecule has 0 aliphatic heterocycles. The minimum Gasteiger partial charge on any atom is -0.345 e. The Balaban J connectivity index is 2.24. The molecule has 19 heavy (non-hydrogen) atoms. The summed E-state index contributed by atoms with van der Waals surface area (Å²) < 4.78 is 4.41. The lowest BCUT2D eigenvalue weighted by Crippen LogP contribution is -2.05. The van der Waals surface area contributed by atoms with Crippen molar-refractivity contribution in [3.05, 3.63) is 47.7 Å². The Hall–Kier alpha value is -2.00. The van der Waals surface area contributed by atoms with Gasteiger partial charge in [0.05, 0.1) is 11.4 Å². The van der Waals surface area contributed by atoms with Gasteiger partial charge in [-0.3, -0.25) is 0 Å². The average Bonchev–Trinajstić information content (AvgIpc) is 2.90. The summed E-state index contributed by atoms with van der Waals surface area (Å²) in [5, 5.41) is 1.29. The zero-order chi connectivity index (χ0) is 13.6. The second-order valence-corrected chi connectivity index (χ2v) is 5.12. The van der Waals surface area contributed by atoms with E-state index >= 15 is 0 Å². The maximum Gasteiger partial charge on any atom is 0.0656 e. The third kappa shape index (κ3) is 1.78. The number of nitrogens with two attached hydrogens (primary N) is 1. The lowest BCUT2D eigenvalue weighted by Gasteiger charge is -2.08. The van der Waals surface area contributed by atoms with E-state index in [4.69, 9.17) is 5.73 Å². The predicted molar refractivity (Wildman–Crippen MR) is 80.0 cm³/mol. The van der Waals surface area contributed by atoms with Gasteiger partial charge in [0.25, 0.3) is 0 Å². The molecule has 2 N–H and O–H groups in total. The fraction of sp³-hybridized carbons (Fsp3) is 0.250. The molecule has 0 spiro atoms. The Kier molecular flexibility index (Phi) is 2.72. The summed E-state index contributed by atoms with van der Waals surface area (Å²) in [5.74, 6) is 0. The molecule has 2 aromatic heterocycles. The van der Waals surface area contributed by atoms with Crippen molar-refractivity contribution in [3.8, 4) is 11.4 Å². The van der Waals surface area contributed by atoms with Crippen molar-refractivity contribution in [2.45, 2.75) is 13.5 Å². The van der Waals surface area contributed by atoms with E-state index in [-0.39, 0.29) is 0 Å². The van der Waals surface area contributed by atoms with Crippen molar-refractivity contribution in [2.75, 3.05) is 0 Å². The molecule has 0 atom stereocenters. The highest BCUT2D eigenvalue weighted by atomic mass is 15.0. The molecule has 3 heteroatoms. The molecular weight excluding hydrogens is 234 g/mol. The van der Waals surface area contributed by atoms with Crippen LogP contribution in [0.15, 0.2) is 36.4 Å². The van der Waals surface area contributed by atoms with Gasteiger partial charge in [-0.2, -0.15) is 0 Å². The van der Waals surface area contributed by atoms with Crippen LogP contribution in [-0.2, 0) is 20.6 Å². The van der Waals surface area contributed by atoms with Gasteiger partial charge in [0.15, 0.2) is 0 Å². The van der Waals surface area contributed by atoms with Crippen LogP contribution in [0, 0.1) is 6.92 Å². The van der Waals surface area contributed by atoms with Crippen LogP contribution in [0.3, 0.4) is 0 Å². The highest BCUT2D eigenvalue weighted by Crippen LogP contribution is 2.28.